The number of rotatable bonds is 18. The molecule has 2 fully saturated rings. The standard InChI is InChI=1S/C59H62Cl2N10O/c1-3-39(35-62)51(43-15-19-45(60)20-16-43)55(70-31-27-68(28-32-70)53-47-23-25-64-58(47)66-37-49(53)41-11-7-5-8-12-41)57(72)56(52(40(4-2)36-63)44-17-21-46(61)22-18-44)71-33-29-69(30-34-71)54-48-24-26-65-59(48)67-38-50(54)42-13-9-6-10-14-42/h5-26,35-40,51-52,55-56,62-63H,3-4,27-34H2,1-2H3,(H,64,66)(H,65,67)/t39-,40-,51+,52+,55?,56?/m1/s1. The van der Waals surface area contributed by atoms with Gasteiger partial charge in [-0.15, -0.1) is 0 Å². The van der Waals surface area contributed by atoms with Gasteiger partial charge in [-0.25, -0.2) is 9.97 Å². The quantitative estimate of drug-likeness (QED) is 0.0629. The first kappa shape index (κ1) is 49.0. The molecule has 2 saturated heterocycles. The second-order valence-corrected chi connectivity index (χ2v) is 20.1. The van der Waals surface area contributed by atoms with Crippen LogP contribution < -0.4 is 9.80 Å². The summed E-state index contributed by atoms with van der Waals surface area (Å²) in [6.07, 6.45) is 12.3. The number of hydrogen-bond donors (Lipinski definition) is 4. The molecule has 0 bridgehead atoms. The number of carbonyl (C=O) groups excluding carboxylic acids is 1. The molecule has 2 aliphatic rings. The van der Waals surface area contributed by atoms with Crippen LogP contribution in [0.1, 0.15) is 49.7 Å². The summed E-state index contributed by atoms with van der Waals surface area (Å²) in [6, 6.07) is 39.7. The number of fused-ring (bicyclic) bond motifs is 2. The first-order valence-electron chi connectivity index (χ1n) is 25.4. The normalized spacial score (nSPS) is 17.3. The van der Waals surface area contributed by atoms with Crippen LogP contribution in [-0.4, -0.2) is 112 Å². The smallest absolute Gasteiger partial charge is 0.168 e. The third kappa shape index (κ3) is 9.71. The van der Waals surface area contributed by atoms with Crippen molar-refractivity contribution >= 4 is 74.9 Å². The van der Waals surface area contributed by atoms with Crippen molar-refractivity contribution in [3.8, 4) is 22.3 Å². The van der Waals surface area contributed by atoms with Crippen LogP contribution >= 0.6 is 23.2 Å². The molecule has 13 heteroatoms. The van der Waals surface area contributed by atoms with E-state index in [-0.39, 0.29) is 29.5 Å². The first-order chi connectivity index (χ1) is 35.3. The molecule has 0 amide bonds. The van der Waals surface area contributed by atoms with Crippen molar-refractivity contribution in [1.29, 1.82) is 10.8 Å². The van der Waals surface area contributed by atoms with Gasteiger partial charge in [0, 0.05) is 133 Å². The lowest BCUT2D eigenvalue weighted by atomic mass is 9.71. The molecule has 11 nitrogen and oxygen atoms in total. The molecule has 6 heterocycles. The third-order valence-corrected chi connectivity index (χ3v) is 15.9. The SMILES string of the molecule is CC[C@H](C=N)[C@@H](c1ccc(Cl)cc1)C(C(=O)C([C@H](c1ccc(Cl)cc1)[C@@H](C=N)CC)N1CCN(c2c(-c3ccccc3)cnc3[nH]ccc23)CC1)N1CCN(c2c(-c3ccccc3)cnc3[nH]ccc23)CC1. The van der Waals surface area contributed by atoms with Gasteiger partial charge in [0.05, 0.1) is 23.5 Å². The molecular formula is C59H62Cl2N10O. The minimum atomic E-state index is -0.622. The summed E-state index contributed by atoms with van der Waals surface area (Å²) in [6.45, 7) is 9.39. The van der Waals surface area contributed by atoms with Gasteiger partial charge in [0.1, 0.15) is 11.3 Å². The number of nitrogens with zero attached hydrogens (tertiary/aromatic N) is 6. The Morgan fingerprint density at radius 3 is 1.28 bits per heavy atom. The van der Waals surface area contributed by atoms with Gasteiger partial charge in [-0.05, 0) is 83.9 Å². The lowest BCUT2D eigenvalue weighted by Crippen LogP contribution is -2.63. The van der Waals surface area contributed by atoms with Gasteiger partial charge in [0.2, 0.25) is 0 Å². The fourth-order valence-corrected chi connectivity index (χ4v) is 12.0. The number of aromatic amines is 2. The number of Topliss-reactive ketones (excluding diaryl/α,β-unsaturated/α-hetero) is 1. The van der Waals surface area contributed by atoms with Gasteiger partial charge in [0.25, 0.3) is 0 Å². The molecule has 10 rings (SSSR count). The number of anilines is 2. The maximum Gasteiger partial charge on any atom is 0.168 e. The number of nitrogens with one attached hydrogen (secondary N) is 4. The van der Waals surface area contributed by atoms with Crippen LogP contribution in [0.3, 0.4) is 0 Å². The second kappa shape index (κ2) is 22.0. The molecule has 0 spiro atoms. The Labute approximate surface area is 432 Å². The zero-order valence-corrected chi connectivity index (χ0v) is 42.4. The molecule has 368 valence electrons. The summed E-state index contributed by atoms with van der Waals surface area (Å²) in [5.41, 5.74) is 10.2. The van der Waals surface area contributed by atoms with E-state index >= 15 is 4.79 Å². The lowest BCUT2D eigenvalue weighted by Gasteiger charge is -2.49. The van der Waals surface area contributed by atoms with E-state index in [0.717, 1.165) is 66.8 Å². The maximum absolute atomic E-state index is 17.0. The van der Waals surface area contributed by atoms with Gasteiger partial charge in [0.15, 0.2) is 5.78 Å². The number of carbonyl (C=O) groups is 1. The number of pyridine rings is 2. The van der Waals surface area contributed by atoms with Gasteiger partial charge in [-0.2, -0.15) is 0 Å². The molecule has 0 saturated carbocycles. The summed E-state index contributed by atoms with van der Waals surface area (Å²) in [4.78, 5) is 43.1. The number of halogens is 2. The zero-order valence-electron chi connectivity index (χ0n) is 40.9. The van der Waals surface area contributed by atoms with Crippen LogP contribution in [-0.2, 0) is 4.79 Å². The summed E-state index contributed by atoms with van der Waals surface area (Å²) >= 11 is 13.2. The molecule has 0 aliphatic carbocycles. The minimum Gasteiger partial charge on any atom is -0.368 e. The van der Waals surface area contributed by atoms with E-state index < -0.39 is 12.1 Å². The molecule has 4 aromatic heterocycles. The van der Waals surface area contributed by atoms with Gasteiger partial charge in [-0.1, -0.05) is 122 Å². The molecule has 8 aromatic rings. The maximum atomic E-state index is 17.0. The van der Waals surface area contributed by atoms with Crippen LogP contribution in [0.15, 0.2) is 146 Å². The Bertz CT molecular complexity index is 2900. The van der Waals surface area contributed by atoms with E-state index in [1.54, 1.807) is 12.4 Å². The Balaban J connectivity index is 1.07. The van der Waals surface area contributed by atoms with Gasteiger partial charge < -0.3 is 30.6 Å². The molecule has 4 aromatic carbocycles. The molecule has 6 atom stereocenters. The number of aromatic nitrogens is 4. The predicted molar refractivity (Wildman–Crippen MR) is 297 cm³/mol. The first-order valence-corrected chi connectivity index (χ1v) is 26.1. The number of hydrogen-bond acceptors (Lipinski definition) is 9. The number of piperazine rings is 2. The van der Waals surface area contributed by atoms with Crippen molar-refractivity contribution in [3.05, 3.63) is 167 Å². The van der Waals surface area contributed by atoms with E-state index in [1.807, 2.05) is 61.2 Å². The fraction of sp³-hybridized carbons (Fsp3) is 0.305. The number of ketones is 1. The summed E-state index contributed by atoms with van der Waals surface area (Å²) in [5.74, 6) is -1.09. The van der Waals surface area contributed by atoms with Gasteiger partial charge in [-0.3, -0.25) is 14.6 Å². The molecule has 0 radical (unpaired) electrons. The Morgan fingerprint density at radius 1 is 0.556 bits per heavy atom. The van der Waals surface area contributed by atoms with Crippen LogP contribution in [0.5, 0.6) is 0 Å². The summed E-state index contributed by atoms with van der Waals surface area (Å²) in [7, 11) is 0. The average Bonchev–Trinajstić information content (AvgIpc) is 4.13. The molecular weight excluding hydrogens is 936 g/mol. The van der Waals surface area contributed by atoms with Crippen molar-refractivity contribution in [3.63, 3.8) is 0 Å². The lowest BCUT2D eigenvalue weighted by molar-refractivity contribution is -0.132. The molecule has 2 aliphatic heterocycles. The van der Waals surface area contributed by atoms with Crippen LogP contribution in [0, 0.1) is 22.7 Å². The van der Waals surface area contributed by atoms with E-state index in [4.69, 9.17) is 44.0 Å². The Kier molecular flexibility index (Phi) is 15.0. The second-order valence-electron chi connectivity index (χ2n) is 19.2. The molecule has 72 heavy (non-hydrogen) atoms. The van der Waals surface area contributed by atoms with Crippen molar-refractivity contribution in [2.24, 2.45) is 11.8 Å². The van der Waals surface area contributed by atoms with Crippen molar-refractivity contribution < 1.29 is 4.79 Å². The highest BCUT2D eigenvalue weighted by Crippen LogP contribution is 2.43. The highest BCUT2D eigenvalue weighted by molar-refractivity contribution is 6.30. The molecule has 4 N–H and O–H groups in total. The van der Waals surface area contributed by atoms with E-state index in [0.29, 0.717) is 75.2 Å². The van der Waals surface area contributed by atoms with Crippen molar-refractivity contribution in [1.82, 2.24) is 29.7 Å². The number of benzene rings is 4. The van der Waals surface area contributed by atoms with Crippen molar-refractivity contribution in [2.75, 3.05) is 62.2 Å². The zero-order chi connectivity index (χ0) is 49.7. The fourth-order valence-electron chi connectivity index (χ4n) is 11.8. The monoisotopic (exact) mass is 996 g/mol. The summed E-state index contributed by atoms with van der Waals surface area (Å²) < 4.78 is 0. The topological polar surface area (TPSA) is 135 Å². The number of H-pyrrole nitrogens is 2. The highest BCUT2D eigenvalue weighted by Gasteiger charge is 2.48. The van der Waals surface area contributed by atoms with Crippen LogP contribution in [0.25, 0.3) is 44.3 Å². The Hall–Kier alpha value is -6.63. The van der Waals surface area contributed by atoms with E-state index in [9.17, 15) is 0 Å². The van der Waals surface area contributed by atoms with Crippen LogP contribution in [0.4, 0.5) is 11.4 Å². The van der Waals surface area contributed by atoms with E-state index in [2.05, 4.69) is 128 Å². The van der Waals surface area contributed by atoms with E-state index in [1.165, 1.54) is 0 Å². The Morgan fingerprint density at radius 2 is 0.931 bits per heavy atom. The predicted octanol–water partition coefficient (Wildman–Crippen LogP) is 12.2. The third-order valence-electron chi connectivity index (χ3n) is 15.4. The van der Waals surface area contributed by atoms with Gasteiger partial charge >= 0.3 is 0 Å². The highest BCUT2D eigenvalue weighted by atomic mass is 35.5. The average molecular weight is 998 g/mol. The van der Waals surface area contributed by atoms with Crippen LogP contribution in [0.2, 0.25) is 10.0 Å². The summed E-state index contributed by atoms with van der Waals surface area (Å²) in [5, 5.41) is 21.3. The minimum absolute atomic E-state index is 0.112. The molecule has 2 unspecified atom stereocenters. The largest absolute Gasteiger partial charge is 0.368 e. The van der Waals surface area contributed by atoms with Crippen molar-refractivity contribution in [2.45, 2.75) is 50.6 Å².